The third kappa shape index (κ3) is 10.3. The summed E-state index contributed by atoms with van der Waals surface area (Å²) in [5.74, 6) is 0.177. The highest BCUT2D eigenvalue weighted by molar-refractivity contribution is 5.91. The summed E-state index contributed by atoms with van der Waals surface area (Å²) in [7, 11) is 1.50. The van der Waals surface area contributed by atoms with Crippen LogP contribution in [-0.2, 0) is 4.79 Å². The van der Waals surface area contributed by atoms with Gasteiger partial charge in [0.05, 0.1) is 18.9 Å². The van der Waals surface area contributed by atoms with Gasteiger partial charge in [0, 0.05) is 6.42 Å². The molecule has 2 aromatic carbocycles. The van der Waals surface area contributed by atoms with Crippen LogP contribution in [0.25, 0.3) is 0 Å². The van der Waals surface area contributed by atoms with E-state index in [1.165, 1.54) is 52.1 Å². The predicted molar refractivity (Wildman–Crippen MR) is 132 cm³/mol. The molecule has 0 bridgehead atoms. The maximum Gasteiger partial charge on any atom is 0.343 e. The van der Waals surface area contributed by atoms with Crippen LogP contribution in [0.1, 0.15) is 87.1 Å². The van der Waals surface area contributed by atoms with Gasteiger partial charge in [-0.2, -0.15) is 5.10 Å². The van der Waals surface area contributed by atoms with Gasteiger partial charge in [0.2, 0.25) is 5.91 Å². The van der Waals surface area contributed by atoms with Gasteiger partial charge in [-0.25, -0.2) is 10.2 Å². The van der Waals surface area contributed by atoms with Crippen molar-refractivity contribution in [2.75, 3.05) is 7.11 Å². The average Bonchev–Trinajstić information content (AvgIpc) is 2.84. The molecule has 33 heavy (non-hydrogen) atoms. The molecule has 178 valence electrons. The first-order chi connectivity index (χ1) is 16.1. The number of unbranched alkanes of at least 4 members (excludes halogenated alkanes) is 8. The molecule has 0 aromatic heterocycles. The standard InChI is InChI=1S/C27H36N2O4/c1-3-4-5-6-7-8-9-10-14-17-26(30)29-28-21-22-18-19-24(25(20-22)32-2)33-27(31)23-15-12-11-13-16-23/h11-13,15-16,18-21H,3-10,14,17H2,1-2H3,(H,29,30)/b28-21+. The molecule has 0 atom stereocenters. The number of amides is 1. The lowest BCUT2D eigenvalue weighted by molar-refractivity contribution is -0.121. The molecule has 1 N–H and O–H groups in total. The van der Waals surface area contributed by atoms with E-state index < -0.39 is 5.97 Å². The maximum absolute atomic E-state index is 12.3. The van der Waals surface area contributed by atoms with Gasteiger partial charge in [-0.1, -0.05) is 76.5 Å². The van der Waals surface area contributed by atoms with Crippen molar-refractivity contribution in [3.05, 3.63) is 59.7 Å². The van der Waals surface area contributed by atoms with E-state index in [1.807, 2.05) is 6.07 Å². The van der Waals surface area contributed by atoms with E-state index in [4.69, 9.17) is 9.47 Å². The molecule has 0 radical (unpaired) electrons. The summed E-state index contributed by atoms with van der Waals surface area (Å²) in [5, 5.41) is 4.02. The van der Waals surface area contributed by atoms with Gasteiger partial charge in [0.25, 0.3) is 0 Å². The molecule has 0 saturated heterocycles. The highest BCUT2D eigenvalue weighted by Gasteiger charge is 2.12. The van der Waals surface area contributed by atoms with Crippen molar-refractivity contribution in [2.24, 2.45) is 5.10 Å². The van der Waals surface area contributed by atoms with E-state index in [-0.39, 0.29) is 5.91 Å². The second-order valence-electron chi connectivity index (χ2n) is 8.04. The molecule has 0 unspecified atom stereocenters. The molecule has 0 heterocycles. The van der Waals surface area contributed by atoms with Crippen molar-refractivity contribution in [2.45, 2.75) is 71.1 Å². The van der Waals surface area contributed by atoms with E-state index in [0.29, 0.717) is 23.5 Å². The Bertz CT molecular complexity index is 881. The summed E-state index contributed by atoms with van der Waals surface area (Å²) in [4.78, 5) is 24.2. The van der Waals surface area contributed by atoms with Crippen molar-refractivity contribution in [1.29, 1.82) is 0 Å². The first-order valence-corrected chi connectivity index (χ1v) is 11.9. The number of methoxy groups -OCH3 is 1. The van der Waals surface area contributed by atoms with E-state index in [1.54, 1.807) is 48.7 Å². The lowest BCUT2D eigenvalue weighted by atomic mass is 10.1. The van der Waals surface area contributed by atoms with Crippen molar-refractivity contribution in [1.82, 2.24) is 5.43 Å². The number of hydrazone groups is 1. The zero-order valence-corrected chi connectivity index (χ0v) is 19.8. The fourth-order valence-electron chi connectivity index (χ4n) is 3.41. The molecule has 0 saturated carbocycles. The second kappa shape index (κ2) is 15.6. The SMILES string of the molecule is CCCCCCCCCCCC(=O)N/N=C/c1ccc(OC(=O)c2ccccc2)c(OC)c1. The molecule has 0 aliphatic heterocycles. The minimum absolute atomic E-state index is 0.0884. The molecule has 6 heteroatoms. The minimum atomic E-state index is -0.459. The number of ether oxygens (including phenoxy) is 2. The van der Waals surface area contributed by atoms with E-state index >= 15 is 0 Å². The zero-order valence-electron chi connectivity index (χ0n) is 19.8. The quantitative estimate of drug-likeness (QED) is 0.113. The Hall–Kier alpha value is -3.15. The van der Waals surface area contributed by atoms with Crippen molar-refractivity contribution >= 4 is 18.1 Å². The van der Waals surface area contributed by atoms with E-state index in [2.05, 4.69) is 17.5 Å². The van der Waals surface area contributed by atoms with E-state index in [0.717, 1.165) is 18.4 Å². The Kier molecular flexibility index (Phi) is 12.4. The number of hydrogen-bond acceptors (Lipinski definition) is 5. The predicted octanol–water partition coefficient (Wildman–Crippen LogP) is 6.29. The van der Waals surface area contributed by atoms with Crippen LogP contribution in [0.2, 0.25) is 0 Å². The molecular weight excluding hydrogens is 416 g/mol. The highest BCUT2D eigenvalue weighted by Crippen LogP contribution is 2.28. The van der Waals surface area contributed by atoms with Gasteiger partial charge in [0.15, 0.2) is 11.5 Å². The molecule has 6 nitrogen and oxygen atoms in total. The highest BCUT2D eigenvalue weighted by atomic mass is 16.6. The first kappa shape index (κ1) is 26.1. The maximum atomic E-state index is 12.3. The Morgan fingerprint density at radius 2 is 1.55 bits per heavy atom. The van der Waals surface area contributed by atoms with E-state index in [9.17, 15) is 9.59 Å². The summed E-state index contributed by atoms with van der Waals surface area (Å²) >= 11 is 0. The number of hydrogen-bond donors (Lipinski definition) is 1. The van der Waals surface area contributed by atoms with Crippen LogP contribution in [0, 0.1) is 0 Å². The largest absolute Gasteiger partial charge is 0.493 e. The Morgan fingerprint density at radius 1 is 0.879 bits per heavy atom. The number of carbonyl (C=O) groups is 2. The van der Waals surface area contributed by atoms with Crippen LogP contribution < -0.4 is 14.9 Å². The van der Waals surface area contributed by atoms with Crippen molar-refractivity contribution < 1.29 is 19.1 Å². The van der Waals surface area contributed by atoms with Crippen LogP contribution in [0.3, 0.4) is 0 Å². The summed E-state index contributed by atoms with van der Waals surface area (Å²) in [6.07, 6.45) is 13.0. The minimum Gasteiger partial charge on any atom is -0.493 e. The number of carbonyl (C=O) groups excluding carboxylic acids is 2. The molecule has 0 aliphatic rings. The van der Waals surface area contributed by atoms with Crippen molar-refractivity contribution in [3.8, 4) is 11.5 Å². The fourth-order valence-corrected chi connectivity index (χ4v) is 3.41. The summed E-state index contributed by atoms with van der Waals surface area (Å²) in [6, 6.07) is 13.8. The molecule has 1 amide bonds. The number of benzene rings is 2. The Labute approximate surface area is 197 Å². The summed E-state index contributed by atoms with van der Waals surface area (Å²) < 4.78 is 10.8. The topological polar surface area (TPSA) is 77.0 Å². The fraction of sp³-hybridized carbons (Fsp3) is 0.444. The number of nitrogens with zero attached hydrogens (tertiary/aromatic N) is 1. The van der Waals surface area contributed by atoms with Gasteiger partial charge in [-0.05, 0) is 42.3 Å². The van der Waals surface area contributed by atoms with Crippen LogP contribution >= 0.6 is 0 Å². The first-order valence-electron chi connectivity index (χ1n) is 11.9. The molecule has 2 aromatic rings. The molecule has 0 aliphatic carbocycles. The van der Waals surface area contributed by atoms with Gasteiger partial charge in [-0.3, -0.25) is 4.79 Å². The van der Waals surface area contributed by atoms with Crippen LogP contribution in [0.5, 0.6) is 11.5 Å². The average molecular weight is 453 g/mol. The smallest absolute Gasteiger partial charge is 0.343 e. The lowest BCUT2D eigenvalue weighted by Crippen LogP contribution is -2.16. The zero-order chi connectivity index (χ0) is 23.7. The third-order valence-electron chi connectivity index (χ3n) is 5.31. The Morgan fingerprint density at radius 3 is 2.21 bits per heavy atom. The molecular formula is C27H36N2O4. The lowest BCUT2D eigenvalue weighted by Gasteiger charge is -2.10. The third-order valence-corrected chi connectivity index (χ3v) is 5.31. The molecule has 0 fully saturated rings. The summed E-state index contributed by atoms with van der Waals surface area (Å²) in [6.45, 7) is 2.23. The van der Waals surface area contributed by atoms with Crippen LogP contribution in [0.15, 0.2) is 53.6 Å². The number of esters is 1. The van der Waals surface area contributed by atoms with Gasteiger partial charge >= 0.3 is 5.97 Å². The number of rotatable bonds is 15. The monoisotopic (exact) mass is 452 g/mol. The van der Waals surface area contributed by atoms with Crippen LogP contribution in [0.4, 0.5) is 0 Å². The van der Waals surface area contributed by atoms with Crippen LogP contribution in [-0.4, -0.2) is 25.2 Å². The van der Waals surface area contributed by atoms with Gasteiger partial charge in [0.1, 0.15) is 0 Å². The Balaban J connectivity index is 1.71. The van der Waals surface area contributed by atoms with Gasteiger partial charge < -0.3 is 9.47 Å². The van der Waals surface area contributed by atoms with Crippen molar-refractivity contribution in [3.63, 3.8) is 0 Å². The second-order valence-corrected chi connectivity index (χ2v) is 8.04. The summed E-state index contributed by atoms with van der Waals surface area (Å²) in [5.41, 5.74) is 3.74. The normalized spacial score (nSPS) is 10.8. The molecule has 2 rings (SSSR count). The van der Waals surface area contributed by atoms with Gasteiger partial charge in [-0.15, -0.1) is 0 Å². The number of nitrogens with one attached hydrogen (secondary N) is 1. The molecule has 0 spiro atoms.